The van der Waals surface area contributed by atoms with Gasteiger partial charge in [-0.15, -0.1) is 0 Å². The molecule has 1 aliphatic rings. The van der Waals surface area contributed by atoms with Gasteiger partial charge in [0.1, 0.15) is 0 Å². The van der Waals surface area contributed by atoms with Gasteiger partial charge in [0.25, 0.3) is 0 Å². The van der Waals surface area contributed by atoms with Gasteiger partial charge in [0, 0.05) is 13.1 Å². The van der Waals surface area contributed by atoms with Crippen molar-refractivity contribution in [3.05, 3.63) is 0 Å². The maximum Gasteiger partial charge on any atom is 0.227 e. The van der Waals surface area contributed by atoms with Crippen molar-refractivity contribution >= 4 is 5.91 Å². The third-order valence-corrected chi connectivity index (χ3v) is 3.16. The van der Waals surface area contributed by atoms with E-state index in [2.05, 4.69) is 24.5 Å². The van der Waals surface area contributed by atoms with Gasteiger partial charge in [0.15, 0.2) is 0 Å². The summed E-state index contributed by atoms with van der Waals surface area (Å²) in [5.74, 6) is 0.510. The molecule has 0 saturated carbocycles. The minimum Gasteiger partial charge on any atom is -0.391 e. The normalized spacial score (nSPS) is 27.1. The van der Waals surface area contributed by atoms with Crippen molar-refractivity contribution < 1.29 is 9.90 Å². The number of aliphatic hydroxyl groups excluding tert-OH is 1. The van der Waals surface area contributed by atoms with Gasteiger partial charge in [-0.2, -0.15) is 0 Å². The van der Waals surface area contributed by atoms with Gasteiger partial charge in [-0.1, -0.05) is 13.8 Å². The van der Waals surface area contributed by atoms with Crippen LogP contribution in [0.2, 0.25) is 0 Å². The van der Waals surface area contributed by atoms with Crippen molar-refractivity contribution in [3.63, 3.8) is 0 Å². The number of hydrogen-bond donors (Lipinski definition) is 3. The fraction of sp³-hybridized carbons (Fsp3) is 0.917. The Hall–Kier alpha value is -0.610. The van der Waals surface area contributed by atoms with Crippen LogP contribution in [0.4, 0.5) is 0 Å². The highest BCUT2D eigenvalue weighted by atomic mass is 16.3. The van der Waals surface area contributed by atoms with Crippen LogP contribution >= 0.6 is 0 Å². The van der Waals surface area contributed by atoms with Gasteiger partial charge in [-0.3, -0.25) is 4.79 Å². The van der Waals surface area contributed by atoms with E-state index in [0.717, 1.165) is 25.9 Å². The second-order valence-corrected chi connectivity index (χ2v) is 5.48. The largest absolute Gasteiger partial charge is 0.391 e. The molecular formula is C12H24N2O2. The molecule has 2 unspecified atom stereocenters. The standard InChI is InChI=1S/C12H24N2O2/c1-9(2)6-10(15)7-14-11(16)12(3)4-5-13-8-12/h9-10,13,15H,4-8H2,1-3H3,(H,14,16). The van der Waals surface area contributed by atoms with E-state index < -0.39 is 6.10 Å². The van der Waals surface area contributed by atoms with Crippen molar-refractivity contribution in [3.8, 4) is 0 Å². The monoisotopic (exact) mass is 228 g/mol. The molecule has 0 aromatic carbocycles. The molecule has 0 radical (unpaired) electrons. The van der Waals surface area contributed by atoms with Gasteiger partial charge in [-0.25, -0.2) is 0 Å². The first kappa shape index (κ1) is 13.5. The average Bonchev–Trinajstić information content (AvgIpc) is 2.62. The quantitative estimate of drug-likeness (QED) is 0.642. The second kappa shape index (κ2) is 5.64. The highest BCUT2D eigenvalue weighted by molar-refractivity contribution is 5.82. The molecule has 0 spiro atoms. The number of aliphatic hydroxyl groups is 1. The maximum absolute atomic E-state index is 11.9. The topological polar surface area (TPSA) is 61.4 Å². The van der Waals surface area contributed by atoms with Crippen molar-refractivity contribution in [2.75, 3.05) is 19.6 Å². The lowest BCUT2D eigenvalue weighted by Gasteiger charge is -2.23. The molecule has 94 valence electrons. The van der Waals surface area contributed by atoms with Gasteiger partial charge in [-0.05, 0) is 32.2 Å². The summed E-state index contributed by atoms with van der Waals surface area (Å²) in [6.07, 6.45) is 1.18. The fourth-order valence-corrected chi connectivity index (χ4v) is 2.06. The van der Waals surface area contributed by atoms with E-state index in [-0.39, 0.29) is 11.3 Å². The molecule has 16 heavy (non-hydrogen) atoms. The summed E-state index contributed by atoms with van der Waals surface area (Å²) in [5, 5.41) is 15.7. The first-order valence-corrected chi connectivity index (χ1v) is 6.11. The zero-order valence-electron chi connectivity index (χ0n) is 10.5. The number of rotatable bonds is 5. The Kier molecular flexibility index (Phi) is 4.74. The third-order valence-electron chi connectivity index (χ3n) is 3.16. The van der Waals surface area contributed by atoms with E-state index in [1.54, 1.807) is 0 Å². The molecule has 2 atom stereocenters. The molecular weight excluding hydrogens is 204 g/mol. The van der Waals surface area contributed by atoms with Gasteiger partial charge in [0.2, 0.25) is 5.91 Å². The van der Waals surface area contributed by atoms with E-state index in [9.17, 15) is 9.90 Å². The van der Waals surface area contributed by atoms with Gasteiger partial charge < -0.3 is 15.7 Å². The lowest BCUT2D eigenvalue weighted by molar-refractivity contribution is -0.129. The molecule has 1 amide bonds. The van der Waals surface area contributed by atoms with Crippen molar-refractivity contribution in [1.29, 1.82) is 0 Å². The number of hydrogen-bond acceptors (Lipinski definition) is 3. The Morgan fingerprint density at radius 3 is 2.75 bits per heavy atom. The molecule has 3 N–H and O–H groups in total. The van der Waals surface area contributed by atoms with E-state index in [1.807, 2.05) is 6.92 Å². The van der Waals surface area contributed by atoms with Crippen LogP contribution in [0.15, 0.2) is 0 Å². The molecule has 1 aliphatic heterocycles. The van der Waals surface area contributed by atoms with Crippen molar-refractivity contribution in [2.24, 2.45) is 11.3 Å². The zero-order valence-corrected chi connectivity index (χ0v) is 10.5. The summed E-state index contributed by atoms with van der Waals surface area (Å²) in [6.45, 7) is 8.10. The van der Waals surface area contributed by atoms with Crippen LogP contribution in [0.3, 0.4) is 0 Å². The summed E-state index contributed by atoms with van der Waals surface area (Å²) in [6, 6.07) is 0. The molecule has 0 aromatic rings. The smallest absolute Gasteiger partial charge is 0.227 e. The van der Waals surface area contributed by atoms with E-state index >= 15 is 0 Å². The summed E-state index contributed by atoms with van der Waals surface area (Å²) in [4.78, 5) is 11.9. The number of carbonyl (C=O) groups is 1. The van der Waals surface area contributed by atoms with Crippen LogP contribution in [0, 0.1) is 11.3 Å². The Labute approximate surface area is 97.8 Å². The molecule has 1 saturated heterocycles. The Balaban J connectivity index is 2.29. The number of nitrogens with one attached hydrogen (secondary N) is 2. The van der Waals surface area contributed by atoms with Gasteiger partial charge in [0.05, 0.1) is 11.5 Å². The number of carbonyl (C=O) groups excluding carboxylic acids is 1. The van der Waals surface area contributed by atoms with E-state index in [4.69, 9.17) is 0 Å². The molecule has 0 aromatic heterocycles. The SMILES string of the molecule is CC(C)CC(O)CNC(=O)C1(C)CCNC1. The van der Waals surface area contributed by atoms with Crippen LogP contribution in [0.25, 0.3) is 0 Å². The van der Waals surface area contributed by atoms with Crippen LogP contribution in [-0.4, -0.2) is 36.8 Å². The Bertz CT molecular complexity index is 235. The fourth-order valence-electron chi connectivity index (χ4n) is 2.06. The minimum atomic E-state index is -0.429. The van der Waals surface area contributed by atoms with Crippen LogP contribution in [-0.2, 0) is 4.79 Å². The lowest BCUT2D eigenvalue weighted by Crippen LogP contribution is -2.43. The highest BCUT2D eigenvalue weighted by Crippen LogP contribution is 2.24. The molecule has 1 rings (SSSR count). The predicted octanol–water partition coefficient (Wildman–Crippen LogP) is 0.509. The van der Waals surface area contributed by atoms with Gasteiger partial charge >= 0.3 is 0 Å². The molecule has 1 fully saturated rings. The van der Waals surface area contributed by atoms with Crippen molar-refractivity contribution in [1.82, 2.24) is 10.6 Å². The Morgan fingerprint density at radius 2 is 2.25 bits per heavy atom. The van der Waals surface area contributed by atoms with E-state index in [0.29, 0.717) is 12.5 Å². The maximum atomic E-state index is 11.9. The van der Waals surface area contributed by atoms with E-state index in [1.165, 1.54) is 0 Å². The molecule has 1 heterocycles. The van der Waals surface area contributed by atoms with Crippen LogP contribution < -0.4 is 10.6 Å². The molecule has 0 aliphatic carbocycles. The predicted molar refractivity (Wildman–Crippen MR) is 64.1 cm³/mol. The first-order chi connectivity index (χ1) is 7.44. The zero-order chi connectivity index (χ0) is 12.2. The minimum absolute atomic E-state index is 0.0558. The summed E-state index contributed by atoms with van der Waals surface area (Å²) >= 11 is 0. The van der Waals surface area contributed by atoms with Crippen LogP contribution in [0.1, 0.15) is 33.6 Å². The molecule has 4 heteroatoms. The third kappa shape index (κ3) is 3.76. The molecule has 0 bridgehead atoms. The van der Waals surface area contributed by atoms with Crippen LogP contribution in [0.5, 0.6) is 0 Å². The molecule has 4 nitrogen and oxygen atoms in total. The lowest BCUT2D eigenvalue weighted by atomic mass is 9.88. The summed E-state index contributed by atoms with van der Waals surface area (Å²) in [7, 11) is 0. The average molecular weight is 228 g/mol. The summed E-state index contributed by atoms with van der Waals surface area (Å²) < 4.78 is 0. The summed E-state index contributed by atoms with van der Waals surface area (Å²) in [5.41, 5.74) is -0.294. The van der Waals surface area contributed by atoms with Crippen molar-refractivity contribution in [2.45, 2.75) is 39.7 Å². The second-order valence-electron chi connectivity index (χ2n) is 5.48. The number of amides is 1. The first-order valence-electron chi connectivity index (χ1n) is 6.11. The Morgan fingerprint density at radius 1 is 1.56 bits per heavy atom. The highest BCUT2D eigenvalue weighted by Gasteiger charge is 2.36.